The van der Waals surface area contributed by atoms with Gasteiger partial charge in [0.05, 0.1) is 13.7 Å². The summed E-state index contributed by atoms with van der Waals surface area (Å²) >= 11 is 0. The second kappa shape index (κ2) is 8.44. The number of amides is 1. The largest absolute Gasteiger partial charge is 0.497 e. The molecule has 0 aliphatic carbocycles. The molecule has 0 saturated carbocycles. The summed E-state index contributed by atoms with van der Waals surface area (Å²) in [6.45, 7) is 0.104. The molecule has 0 unspecified atom stereocenters. The van der Waals surface area contributed by atoms with Crippen LogP contribution in [0.5, 0.6) is 11.5 Å². The molecule has 0 aromatic heterocycles. The van der Waals surface area contributed by atoms with Gasteiger partial charge >= 0.3 is 0 Å². The van der Waals surface area contributed by atoms with Crippen LogP contribution in [0.25, 0.3) is 0 Å². The number of carbonyl (C=O) groups excluding carboxylic acids is 1. The summed E-state index contributed by atoms with van der Waals surface area (Å²) in [5.41, 5.74) is 0.690. The molecule has 0 radical (unpaired) electrons. The van der Waals surface area contributed by atoms with Crippen molar-refractivity contribution < 1.29 is 18.7 Å². The van der Waals surface area contributed by atoms with Crippen molar-refractivity contribution in [1.29, 1.82) is 0 Å². The van der Waals surface area contributed by atoms with Crippen LogP contribution in [0.2, 0.25) is 0 Å². The number of hydrogen-bond donors (Lipinski definition) is 1. The summed E-state index contributed by atoms with van der Waals surface area (Å²) in [6.07, 6.45) is 0. The van der Waals surface area contributed by atoms with Gasteiger partial charge in [0.15, 0.2) is 6.61 Å². The van der Waals surface area contributed by atoms with Crippen molar-refractivity contribution in [2.45, 2.75) is 0 Å². The van der Waals surface area contributed by atoms with Crippen LogP contribution in [0.3, 0.4) is 0 Å². The first-order valence-electron chi connectivity index (χ1n) is 6.95. The maximum atomic E-state index is 12.7. The molecule has 0 aliphatic rings. The van der Waals surface area contributed by atoms with E-state index in [4.69, 9.17) is 9.47 Å². The minimum Gasteiger partial charge on any atom is -0.497 e. The summed E-state index contributed by atoms with van der Waals surface area (Å²) in [6, 6.07) is 12.8. The Morgan fingerprint density at radius 2 is 1.74 bits per heavy atom. The van der Waals surface area contributed by atoms with Crippen LogP contribution in [0.4, 0.5) is 4.39 Å². The molecule has 4 nitrogen and oxygen atoms in total. The molecule has 0 heterocycles. The van der Waals surface area contributed by atoms with Gasteiger partial charge in [-0.15, -0.1) is 0 Å². The molecule has 2 aromatic carbocycles. The van der Waals surface area contributed by atoms with Gasteiger partial charge in [-0.25, -0.2) is 4.39 Å². The Kier molecular flexibility index (Phi) is 6.01. The van der Waals surface area contributed by atoms with E-state index in [1.807, 2.05) is 0 Å². The van der Waals surface area contributed by atoms with Crippen molar-refractivity contribution in [1.82, 2.24) is 5.32 Å². The Labute approximate surface area is 134 Å². The fraction of sp³-hybridized carbons (Fsp3) is 0.167. The maximum absolute atomic E-state index is 12.7. The average Bonchev–Trinajstić information content (AvgIpc) is 2.59. The van der Waals surface area contributed by atoms with Gasteiger partial charge < -0.3 is 14.8 Å². The number of halogens is 1. The van der Waals surface area contributed by atoms with Gasteiger partial charge in [-0.3, -0.25) is 4.79 Å². The van der Waals surface area contributed by atoms with Crippen molar-refractivity contribution in [2.75, 3.05) is 20.3 Å². The van der Waals surface area contributed by atoms with Crippen LogP contribution >= 0.6 is 0 Å². The molecule has 5 heteroatoms. The van der Waals surface area contributed by atoms with Gasteiger partial charge in [0, 0.05) is 5.56 Å². The maximum Gasteiger partial charge on any atom is 0.258 e. The van der Waals surface area contributed by atoms with E-state index in [9.17, 15) is 9.18 Å². The van der Waals surface area contributed by atoms with E-state index in [1.165, 1.54) is 12.1 Å². The molecule has 0 saturated heterocycles. The summed E-state index contributed by atoms with van der Waals surface area (Å²) in [5.74, 6) is 6.34. The van der Waals surface area contributed by atoms with Crippen molar-refractivity contribution in [2.24, 2.45) is 0 Å². The fourth-order valence-corrected chi connectivity index (χ4v) is 1.69. The van der Waals surface area contributed by atoms with Gasteiger partial charge in [-0.1, -0.05) is 11.8 Å². The third-order valence-electron chi connectivity index (χ3n) is 2.88. The number of benzene rings is 2. The number of carbonyl (C=O) groups is 1. The van der Waals surface area contributed by atoms with E-state index in [0.29, 0.717) is 11.3 Å². The minimum atomic E-state index is -0.306. The highest BCUT2D eigenvalue weighted by molar-refractivity contribution is 5.77. The molecule has 0 fully saturated rings. The molecule has 0 bridgehead atoms. The van der Waals surface area contributed by atoms with Crippen LogP contribution in [0.1, 0.15) is 5.56 Å². The summed E-state index contributed by atoms with van der Waals surface area (Å²) in [4.78, 5) is 11.6. The zero-order valence-corrected chi connectivity index (χ0v) is 12.6. The Bertz CT molecular complexity index is 700. The van der Waals surface area contributed by atoms with Gasteiger partial charge in [0.25, 0.3) is 5.91 Å². The zero-order valence-electron chi connectivity index (χ0n) is 12.6. The normalized spacial score (nSPS) is 9.48. The smallest absolute Gasteiger partial charge is 0.258 e. The predicted molar refractivity (Wildman–Crippen MR) is 84.8 cm³/mol. The fourth-order valence-electron chi connectivity index (χ4n) is 1.69. The molecule has 1 N–H and O–H groups in total. The molecular weight excluding hydrogens is 297 g/mol. The SMILES string of the molecule is COc1ccc(OCC(=O)NCC#Cc2ccc(F)cc2)cc1. The van der Waals surface area contributed by atoms with Crippen LogP contribution < -0.4 is 14.8 Å². The molecule has 1 amide bonds. The molecule has 0 atom stereocenters. The van der Waals surface area contributed by atoms with Crippen LogP contribution in [0, 0.1) is 17.7 Å². The van der Waals surface area contributed by atoms with Gasteiger partial charge in [-0.2, -0.15) is 0 Å². The third kappa shape index (κ3) is 5.71. The van der Waals surface area contributed by atoms with Crippen LogP contribution in [0.15, 0.2) is 48.5 Å². The zero-order chi connectivity index (χ0) is 16.5. The van der Waals surface area contributed by atoms with Gasteiger partial charge in [0.1, 0.15) is 17.3 Å². The number of methoxy groups -OCH3 is 1. The van der Waals surface area contributed by atoms with E-state index < -0.39 is 0 Å². The van der Waals surface area contributed by atoms with E-state index >= 15 is 0 Å². The quantitative estimate of drug-likeness (QED) is 0.862. The number of rotatable bonds is 5. The van der Waals surface area contributed by atoms with Crippen molar-refractivity contribution in [3.8, 4) is 23.3 Å². The molecule has 23 heavy (non-hydrogen) atoms. The van der Waals surface area contributed by atoms with E-state index in [0.717, 1.165) is 5.75 Å². The Morgan fingerprint density at radius 1 is 1.09 bits per heavy atom. The Balaban J connectivity index is 1.71. The van der Waals surface area contributed by atoms with Gasteiger partial charge in [0.2, 0.25) is 0 Å². The second-order valence-corrected chi connectivity index (χ2v) is 4.55. The first-order chi connectivity index (χ1) is 11.2. The summed E-state index contributed by atoms with van der Waals surface area (Å²) in [7, 11) is 1.58. The number of nitrogens with one attached hydrogen (secondary N) is 1. The monoisotopic (exact) mass is 313 g/mol. The van der Waals surface area contributed by atoms with Crippen molar-refractivity contribution >= 4 is 5.91 Å². The highest BCUT2D eigenvalue weighted by atomic mass is 19.1. The average molecular weight is 313 g/mol. The number of hydrogen-bond acceptors (Lipinski definition) is 3. The first kappa shape index (κ1) is 16.4. The van der Waals surface area contributed by atoms with E-state index in [2.05, 4.69) is 17.2 Å². The van der Waals surface area contributed by atoms with E-state index in [-0.39, 0.29) is 24.9 Å². The first-order valence-corrected chi connectivity index (χ1v) is 6.95. The van der Waals surface area contributed by atoms with Crippen LogP contribution in [-0.4, -0.2) is 26.2 Å². The molecule has 118 valence electrons. The van der Waals surface area contributed by atoms with Crippen molar-refractivity contribution in [3.63, 3.8) is 0 Å². The van der Waals surface area contributed by atoms with Gasteiger partial charge in [-0.05, 0) is 48.5 Å². The Hall–Kier alpha value is -3.00. The lowest BCUT2D eigenvalue weighted by molar-refractivity contribution is -0.122. The van der Waals surface area contributed by atoms with Crippen LogP contribution in [-0.2, 0) is 4.79 Å². The topological polar surface area (TPSA) is 47.6 Å². The molecular formula is C18H16FNO3. The Morgan fingerprint density at radius 3 is 2.39 bits per heavy atom. The lowest BCUT2D eigenvalue weighted by atomic mass is 10.2. The van der Waals surface area contributed by atoms with Crippen molar-refractivity contribution in [3.05, 3.63) is 59.9 Å². The standard InChI is InChI=1S/C18H16FNO3/c1-22-16-8-10-17(11-9-16)23-13-18(21)20-12-2-3-14-4-6-15(19)7-5-14/h4-11H,12-13H2,1H3,(H,20,21). The number of ether oxygens (including phenoxy) is 2. The lowest BCUT2D eigenvalue weighted by Crippen LogP contribution is -2.29. The molecule has 0 spiro atoms. The molecule has 2 aromatic rings. The third-order valence-corrected chi connectivity index (χ3v) is 2.88. The lowest BCUT2D eigenvalue weighted by Gasteiger charge is -2.06. The highest BCUT2D eigenvalue weighted by Gasteiger charge is 2.01. The molecule has 0 aliphatic heterocycles. The molecule has 2 rings (SSSR count). The summed E-state index contributed by atoms with van der Waals surface area (Å²) in [5, 5.41) is 2.62. The van der Waals surface area contributed by atoms with E-state index in [1.54, 1.807) is 43.5 Å². The second-order valence-electron chi connectivity index (χ2n) is 4.55. The highest BCUT2D eigenvalue weighted by Crippen LogP contribution is 2.16. The minimum absolute atomic E-state index is 0.0927. The predicted octanol–water partition coefficient (Wildman–Crippen LogP) is 2.38. The summed E-state index contributed by atoms with van der Waals surface area (Å²) < 4.78 is 23.1.